The Bertz CT molecular complexity index is 325. The first-order valence-corrected chi connectivity index (χ1v) is 7.39. The van der Waals surface area contributed by atoms with E-state index in [9.17, 15) is 23.4 Å². The Balaban J connectivity index is 2.54. The summed E-state index contributed by atoms with van der Waals surface area (Å²) in [5.41, 5.74) is -3.11. The van der Waals surface area contributed by atoms with E-state index in [2.05, 4.69) is 19.2 Å². The molecule has 1 aliphatic rings. The van der Waals surface area contributed by atoms with E-state index in [0.717, 1.165) is 13.5 Å². The third kappa shape index (κ3) is 5.09. The fourth-order valence-electron chi connectivity index (χ4n) is 2.48. The van der Waals surface area contributed by atoms with Crippen LogP contribution in [0, 0.1) is 5.92 Å². The standard InChI is InChI=1S/C14H27F3N2O2/c1-11(2)8-18-13(10-20)4-6-19(7-5-13)9-12(3,21)14(15,16)17/h11,18,20-21H,4-10H2,1-3H3/t12-/m1/s1. The number of nitrogens with zero attached hydrogens (tertiary/aromatic N) is 1. The lowest BCUT2D eigenvalue weighted by molar-refractivity contribution is -0.258. The van der Waals surface area contributed by atoms with Gasteiger partial charge in [0, 0.05) is 25.2 Å². The van der Waals surface area contributed by atoms with Crippen LogP contribution in [0.15, 0.2) is 0 Å². The molecule has 1 fully saturated rings. The molecule has 0 unspecified atom stereocenters. The minimum Gasteiger partial charge on any atom is -0.394 e. The first kappa shape index (κ1) is 18.7. The molecule has 0 amide bonds. The van der Waals surface area contributed by atoms with Gasteiger partial charge in [0.25, 0.3) is 0 Å². The van der Waals surface area contributed by atoms with Crippen LogP contribution in [0.1, 0.15) is 33.6 Å². The van der Waals surface area contributed by atoms with Crippen molar-refractivity contribution < 1.29 is 23.4 Å². The average Bonchev–Trinajstić information content (AvgIpc) is 2.36. The number of halogens is 3. The molecule has 126 valence electrons. The number of rotatable bonds is 6. The van der Waals surface area contributed by atoms with Gasteiger partial charge in [0.2, 0.25) is 0 Å². The lowest BCUT2D eigenvalue weighted by Crippen LogP contribution is -2.59. The van der Waals surface area contributed by atoms with E-state index >= 15 is 0 Å². The largest absolute Gasteiger partial charge is 0.418 e. The van der Waals surface area contributed by atoms with Gasteiger partial charge in [-0.25, -0.2) is 0 Å². The summed E-state index contributed by atoms with van der Waals surface area (Å²) >= 11 is 0. The lowest BCUT2D eigenvalue weighted by Gasteiger charge is -2.43. The van der Waals surface area contributed by atoms with Crippen LogP contribution in [0.5, 0.6) is 0 Å². The molecule has 0 saturated carbocycles. The van der Waals surface area contributed by atoms with Crippen molar-refractivity contribution in [3.05, 3.63) is 0 Å². The Morgan fingerprint density at radius 2 is 1.76 bits per heavy atom. The number of aliphatic hydroxyl groups is 2. The van der Waals surface area contributed by atoms with E-state index in [-0.39, 0.29) is 6.61 Å². The van der Waals surface area contributed by atoms with E-state index in [1.807, 2.05) is 0 Å². The van der Waals surface area contributed by atoms with Crippen molar-refractivity contribution in [1.29, 1.82) is 0 Å². The molecule has 21 heavy (non-hydrogen) atoms. The van der Waals surface area contributed by atoms with Crippen molar-refractivity contribution >= 4 is 0 Å². The number of piperidine rings is 1. The smallest absolute Gasteiger partial charge is 0.394 e. The second kappa shape index (κ2) is 6.81. The van der Waals surface area contributed by atoms with E-state index in [1.165, 1.54) is 0 Å². The zero-order valence-electron chi connectivity index (χ0n) is 13.0. The maximum atomic E-state index is 12.7. The predicted molar refractivity (Wildman–Crippen MR) is 75.0 cm³/mol. The summed E-state index contributed by atoms with van der Waals surface area (Å²) in [6, 6.07) is 0. The van der Waals surface area contributed by atoms with Gasteiger partial charge in [0.15, 0.2) is 5.60 Å². The third-order valence-corrected chi connectivity index (χ3v) is 4.14. The van der Waals surface area contributed by atoms with Crippen LogP contribution >= 0.6 is 0 Å². The Hall–Kier alpha value is -0.370. The molecule has 0 aliphatic carbocycles. The highest BCUT2D eigenvalue weighted by Crippen LogP contribution is 2.32. The van der Waals surface area contributed by atoms with Crippen LogP contribution in [0.4, 0.5) is 13.2 Å². The molecule has 1 atom stereocenters. The molecule has 0 aromatic heterocycles. The van der Waals surface area contributed by atoms with E-state index < -0.39 is 23.9 Å². The van der Waals surface area contributed by atoms with Gasteiger partial charge in [-0.3, -0.25) is 4.90 Å². The molecule has 1 saturated heterocycles. The van der Waals surface area contributed by atoms with Gasteiger partial charge in [-0.2, -0.15) is 13.2 Å². The van der Waals surface area contributed by atoms with Crippen LogP contribution in [-0.4, -0.2) is 65.2 Å². The second-order valence-electron chi connectivity index (χ2n) is 6.76. The number of hydrogen-bond donors (Lipinski definition) is 3. The first-order chi connectivity index (χ1) is 9.51. The first-order valence-electron chi connectivity index (χ1n) is 7.39. The predicted octanol–water partition coefficient (Wildman–Crippen LogP) is 1.37. The zero-order chi connectivity index (χ0) is 16.3. The van der Waals surface area contributed by atoms with Gasteiger partial charge >= 0.3 is 6.18 Å². The van der Waals surface area contributed by atoms with E-state index in [0.29, 0.717) is 31.8 Å². The summed E-state index contributed by atoms with van der Waals surface area (Å²) in [4.78, 5) is 1.61. The Kier molecular flexibility index (Phi) is 6.06. The number of aliphatic hydroxyl groups excluding tert-OH is 1. The van der Waals surface area contributed by atoms with Gasteiger partial charge in [0.05, 0.1) is 6.61 Å². The molecule has 3 N–H and O–H groups in total. The second-order valence-corrected chi connectivity index (χ2v) is 6.76. The van der Waals surface area contributed by atoms with Crippen molar-refractivity contribution in [3.8, 4) is 0 Å². The highest BCUT2D eigenvalue weighted by molar-refractivity contribution is 4.95. The maximum absolute atomic E-state index is 12.7. The minimum atomic E-state index is -4.63. The summed E-state index contributed by atoms with van der Waals surface area (Å²) < 4.78 is 38.1. The van der Waals surface area contributed by atoms with Crippen LogP contribution in [0.3, 0.4) is 0 Å². The number of hydrogen-bond acceptors (Lipinski definition) is 4. The molecular weight excluding hydrogens is 285 g/mol. The average molecular weight is 312 g/mol. The fraction of sp³-hybridized carbons (Fsp3) is 1.00. The number of β-amino-alcohol motifs (C(OH)–C–C–N with tert-alkyl or cyclic N) is 1. The summed E-state index contributed by atoms with van der Waals surface area (Å²) in [5.74, 6) is 0.442. The number of likely N-dealkylation sites (tertiary alicyclic amines) is 1. The lowest BCUT2D eigenvalue weighted by atomic mass is 9.87. The third-order valence-electron chi connectivity index (χ3n) is 4.14. The van der Waals surface area contributed by atoms with Crippen LogP contribution in [0.2, 0.25) is 0 Å². The topological polar surface area (TPSA) is 55.7 Å². The molecular formula is C14H27F3N2O2. The molecule has 7 heteroatoms. The molecule has 0 bridgehead atoms. The molecule has 4 nitrogen and oxygen atoms in total. The normalized spacial score (nSPS) is 23.3. The molecule has 0 aromatic carbocycles. The van der Waals surface area contributed by atoms with E-state index in [1.54, 1.807) is 4.90 Å². The quantitative estimate of drug-likeness (QED) is 0.693. The molecule has 0 radical (unpaired) electrons. The fourth-order valence-corrected chi connectivity index (χ4v) is 2.48. The minimum absolute atomic E-state index is 0.0246. The summed E-state index contributed by atoms with van der Waals surface area (Å²) in [7, 11) is 0. The molecule has 1 heterocycles. The Morgan fingerprint density at radius 1 is 1.24 bits per heavy atom. The van der Waals surface area contributed by atoms with Crippen LogP contribution in [0.25, 0.3) is 0 Å². The summed E-state index contributed by atoms with van der Waals surface area (Å²) in [5, 5.41) is 22.5. The van der Waals surface area contributed by atoms with Gasteiger partial charge in [-0.05, 0) is 32.2 Å². The molecule has 0 aromatic rings. The molecule has 1 rings (SSSR count). The number of nitrogens with one attached hydrogen (secondary N) is 1. The Morgan fingerprint density at radius 3 is 2.14 bits per heavy atom. The van der Waals surface area contributed by atoms with Crippen molar-refractivity contribution in [1.82, 2.24) is 10.2 Å². The molecule has 0 spiro atoms. The summed E-state index contributed by atoms with van der Waals surface area (Å²) in [6.45, 7) is 6.10. The monoisotopic (exact) mass is 312 g/mol. The van der Waals surface area contributed by atoms with Crippen molar-refractivity contribution in [3.63, 3.8) is 0 Å². The Labute approximate surface area is 124 Å². The van der Waals surface area contributed by atoms with E-state index in [4.69, 9.17) is 0 Å². The summed E-state index contributed by atoms with van der Waals surface area (Å²) in [6.07, 6.45) is -3.48. The van der Waals surface area contributed by atoms with Crippen molar-refractivity contribution in [2.24, 2.45) is 5.92 Å². The highest BCUT2D eigenvalue weighted by Gasteiger charge is 2.51. The highest BCUT2D eigenvalue weighted by atomic mass is 19.4. The SMILES string of the molecule is CC(C)CNC1(CO)CCN(C[C@@](C)(O)C(F)(F)F)CC1. The van der Waals surface area contributed by atoms with Crippen LogP contribution in [-0.2, 0) is 0 Å². The molecule has 1 aliphatic heterocycles. The van der Waals surface area contributed by atoms with Gasteiger partial charge in [0.1, 0.15) is 0 Å². The maximum Gasteiger partial charge on any atom is 0.418 e. The van der Waals surface area contributed by atoms with Crippen LogP contribution < -0.4 is 5.32 Å². The van der Waals surface area contributed by atoms with Gasteiger partial charge in [-0.15, -0.1) is 0 Å². The van der Waals surface area contributed by atoms with Crippen molar-refractivity contribution in [2.45, 2.75) is 50.9 Å². The number of alkyl halides is 3. The van der Waals surface area contributed by atoms with Crippen molar-refractivity contribution in [2.75, 3.05) is 32.8 Å². The van der Waals surface area contributed by atoms with Gasteiger partial charge < -0.3 is 15.5 Å². The van der Waals surface area contributed by atoms with Gasteiger partial charge in [-0.1, -0.05) is 13.8 Å². The zero-order valence-corrected chi connectivity index (χ0v) is 13.0.